The largest absolute Gasteiger partial charge is 0.673 e. The number of aliphatic hydroxyl groups is 1. The standard InChI is InChI=1S/C13H23BNO3/c1-9(8-16)12-13(17)18-14(15-12)10-4-2-5-11(14)7-3-6-10/h9-12,15-16H,2-8H2,1H3/q-1/t9-,10?,11?,12-,14?/m1/s1. The van der Waals surface area contributed by atoms with Crippen LogP contribution in [0.5, 0.6) is 0 Å². The molecule has 2 bridgehead atoms. The molecule has 0 amide bonds. The fraction of sp³-hybridized carbons (Fsp3) is 0.923. The van der Waals surface area contributed by atoms with Gasteiger partial charge in [0.1, 0.15) is 0 Å². The molecule has 3 heterocycles. The molecule has 3 aliphatic rings. The van der Waals surface area contributed by atoms with Crippen molar-refractivity contribution in [1.82, 2.24) is 5.23 Å². The van der Waals surface area contributed by atoms with Crippen LogP contribution in [0.3, 0.4) is 0 Å². The van der Waals surface area contributed by atoms with Crippen LogP contribution in [0.2, 0.25) is 11.6 Å². The second-order valence-corrected chi connectivity index (χ2v) is 6.54. The molecule has 2 atom stereocenters. The predicted molar refractivity (Wildman–Crippen MR) is 70.2 cm³/mol. The Morgan fingerprint density at radius 1 is 1.33 bits per heavy atom. The third-order valence-corrected chi connectivity index (χ3v) is 5.56. The van der Waals surface area contributed by atoms with Gasteiger partial charge in [-0.25, -0.2) is 0 Å². The zero-order valence-corrected chi connectivity index (χ0v) is 11.1. The summed E-state index contributed by atoms with van der Waals surface area (Å²) < 4.78 is 5.89. The lowest BCUT2D eigenvalue weighted by Gasteiger charge is -2.55. The zero-order valence-electron chi connectivity index (χ0n) is 11.1. The highest BCUT2D eigenvalue weighted by atomic mass is 16.5. The van der Waals surface area contributed by atoms with E-state index in [1.807, 2.05) is 6.92 Å². The molecule has 0 aromatic heterocycles. The SMILES string of the molecule is C[C@H](CO)[C@H]1N[B-]2(OC1=O)C1CCCC2CCC1. The Kier molecular flexibility index (Phi) is 3.14. The summed E-state index contributed by atoms with van der Waals surface area (Å²) in [5.41, 5.74) is 0. The summed E-state index contributed by atoms with van der Waals surface area (Å²) in [5.74, 6) is 0.895. The molecule has 0 aromatic carbocycles. The highest BCUT2D eigenvalue weighted by molar-refractivity contribution is 6.77. The summed E-state index contributed by atoms with van der Waals surface area (Å²) in [7, 11) is 0. The monoisotopic (exact) mass is 252 g/mol. The second-order valence-electron chi connectivity index (χ2n) is 6.54. The Balaban J connectivity index is 1.85. The van der Waals surface area contributed by atoms with Gasteiger partial charge in [0.15, 0.2) is 0 Å². The van der Waals surface area contributed by atoms with Crippen LogP contribution in [0.1, 0.15) is 45.4 Å². The first kappa shape index (κ1) is 12.5. The minimum absolute atomic E-state index is 0.0360. The smallest absolute Gasteiger partial charge is 0.273 e. The normalized spacial score (nSPS) is 45.0. The summed E-state index contributed by atoms with van der Waals surface area (Å²) in [4.78, 5) is 12.1. The number of hydrogen-bond acceptors (Lipinski definition) is 4. The van der Waals surface area contributed by atoms with Crippen LogP contribution in [0.4, 0.5) is 0 Å². The fourth-order valence-electron chi connectivity index (χ4n) is 4.56. The number of hydrogen-bond donors (Lipinski definition) is 2. The third kappa shape index (κ3) is 1.71. The Morgan fingerprint density at radius 3 is 2.39 bits per heavy atom. The number of carbonyl (C=O) groups excluding carboxylic acids is 1. The minimum Gasteiger partial charge on any atom is -0.673 e. The summed E-state index contributed by atoms with van der Waals surface area (Å²) in [6.45, 7) is 0.788. The van der Waals surface area contributed by atoms with E-state index in [9.17, 15) is 9.90 Å². The molecule has 0 aliphatic carbocycles. The van der Waals surface area contributed by atoms with E-state index in [-0.39, 0.29) is 24.5 Å². The maximum atomic E-state index is 12.1. The lowest BCUT2D eigenvalue weighted by Crippen LogP contribution is -2.61. The topological polar surface area (TPSA) is 58.6 Å². The molecule has 3 fully saturated rings. The molecule has 18 heavy (non-hydrogen) atoms. The van der Waals surface area contributed by atoms with E-state index in [2.05, 4.69) is 5.23 Å². The summed E-state index contributed by atoms with van der Waals surface area (Å²) >= 11 is 0. The molecule has 3 rings (SSSR count). The molecule has 0 aromatic rings. The molecule has 0 saturated carbocycles. The lowest BCUT2D eigenvalue weighted by atomic mass is 9.28. The zero-order chi connectivity index (χ0) is 12.8. The van der Waals surface area contributed by atoms with Gasteiger partial charge in [-0.3, -0.25) is 4.79 Å². The Labute approximate surface area is 108 Å². The molecule has 0 unspecified atom stereocenters. The number of aliphatic hydroxyl groups excluding tert-OH is 1. The van der Waals surface area contributed by atoms with Gasteiger partial charge >= 0.3 is 0 Å². The lowest BCUT2D eigenvalue weighted by molar-refractivity contribution is -0.136. The highest BCUT2D eigenvalue weighted by Crippen LogP contribution is 2.53. The molecule has 0 radical (unpaired) electrons. The van der Waals surface area contributed by atoms with E-state index >= 15 is 0 Å². The van der Waals surface area contributed by atoms with E-state index in [4.69, 9.17) is 4.65 Å². The van der Waals surface area contributed by atoms with Crippen molar-refractivity contribution in [3.05, 3.63) is 0 Å². The van der Waals surface area contributed by atoms with Crippen LogP contribution in [0.25, 0.3) is 0 Å². The van der Waals surface area contributed by atoms with Gasteiger partial charge in [-0.1, -0.05) is 45.4 Å². The van der Waals surface area contributed by atoms with Gasteiger partial charge in [0.2, 0.25) is 6.48 Å². The van der Waals surface area contributed by atoms with Crippen molar-refractivity contribution in [2.24, 2.45) is 5.92 Å². The molecule has 5 heteroatoms. The van der Waals surface area contributed by atoms with Crippen molar-refractivity contribution in [2.45, 2.75) is 63.1 Å². The Morgan fingerprint density at radius 2 is 1.89 bits per heavy atom. The van der Waals surface area contributed by atoms with E-state index in [1.165, 1.54) is 38.5 Å². The first-order valence-corrected chi connectivity index (χ1v) is 7.44. The summed E-state index contributed by atoms with van der Waals surface area (Å²) in [5, 5.41) is 12.8. The van der Waals surface area contributed by atoms with E-state index < -0.39 is 6.48 Å². The summed E-state index contributed by atoms with van der Waals surface area (Å²) in [6, 6.07) is -0.295. The maximum absolute atomic E-state index is 12.1. The molecular weight excluding hydrogens is 229 g/mol. The van der Waals surface area contributed by atoms with E-state index in [1.54, 1.807) is 0 Å². The van der Waals surface area contributed by atoms with E-state index in [0.717, 1.165) is 0 Å². The van der Waals surface area contributed by atoms with Gasteiger partial charge < -0.3 is 15.0 Å². The van der Waals surface area contributed by atoms with Crippen LogP contribution >= 0.6 is 0 Å². The average Bonchev–Trinajstić information content (AvgIpc) is 2.66. The first-order valence-electron chi connectivity index (χ1n) is 7.44. The van der Waals surface area contributed by atoms with Crippen LogP contribution in [-0.2, 0) is 9.45 Å². The number of rotatable bonds is 2. The Bertz CT molecular complexity index is 327. The van der Waals surface area contributed by atoms with Crippen molar-refractivity contribution >= 4 is 12.5 Å². The van der Waals surface area contributed by atoms with Crippen molar-refractivity contribution in [3.63, 3.8) is 0 Å². The van der Waals surface area contributed by atoms with Crippen LogP contribution in [-0.4, -0.2) is 30.2 Å². The van der Waals surface area contributed by atoms with Crippen molar-refractivity contribution in [3.8, 4) is 0 Å². The minimum atomic E-state index is -1.16. The molecule has 102 valence electrons. The molecule has 3 aliphatic heterocycles. The number of nitrogens with one attached hydrogen (secondary N) is 1. The van der Waals surface area contributed by atoms with Gasteiger partial charge in [0, 0.05) is 12.5 Å². The van der Waals surface area contributed by atoms with Gasteiger partial charge in [-0.05, 0) is 0 Å². The molecule has 3 saturated heterocycles. The van der Waals surface area contributed by atoms with Gasteiger partial charge in [0.05, 0.1) is 6.04 Å². The second kappa shape index (κ2) is 4.53. The van der Waals surface area contributed by atoms with Crippen molar-refractivity contribution < 1.29 is 14.6 Å². The van der Waals surface area contributed by atoms with Gasteiger partial charge in [-0.15, -0.1) is 11.6 Å². The third-order valence-electron chi connectivity index (χ3n) is 5.56. The van der Waals surface area contributed by atoms with Gasteiger partial charge in [0.25, 0.3) is 5.97 Å². The Hall–Kier alpha value is -0.545. The highest BCUT2D eigenvalue weighted by Gasteiger charge is 2.53. The van der Waals surface area contributed by atoms with Crippen molar-refractivity contribution in [2.75, 3.05) is 6.61 Å². The number of carbonyl (C=O) groups is 1. The predicted octanol–water partition coefficient (Wildman–Crippen LogP) is 1.68. The molecule has 2 N–H and O–H groups in total. The average molecular weight is 252 g/mol. The van der Waals surface area contributed by atoms with Crippen LogP contribution in [0.15, 0.2) is 0 Å². The van der Waals surface area contributed by atoms with Gasteiger partial charge in [-0.2, -0.15) is 0 Å². The molecule has 4 nitrogen and oxygen atoms in total. The summed E-state index contributed by atoms with van der Waals surface area (Å²) in [6.07, 6.45) is 7.32. The maximum Gasteiger partial charge on any atom is 0.273 e. The van der Waals surface area contributed by atoms with Crippen LogP contribution < -0.4 is 5.23 Å². The first-order chi connectivity index (χ1) is 8.67. The van der Waals surface area contributed by atoms with E-state index in [0.29, 0.717) is 11.6 Å². The molecular formula is C13H23BNO3-. The fourth-order valence-corrected chi connectivity index (χ4v) is 4.56. The quantitative estimate of drug-likeness (QED) is 0.734. The molecule has 1 spiro atoms. The van der Waals surface area contributed by atoms with Crippen LogP contribution in [0, 0.1) is 5.92 Å². The van der Waals surface area contributed by atoms with Crippen molar-refractivity contribution in [1.29, 1.82) is 0 Å².